The first-order valence-electron chi connectivity index (χ1n) is 8.76. The van der Waals surface area contributed by atoms with Gasteiger partial charge in [-0.2, -0.15) is 11.8 Å². The normalized spacial score (nSPS) is 36.0. The van der Waals surface area contributed by atoms with Crippen LogP contribution in [0.4, 0.5) is 0 Å². The summed E-state index contributed by atoms with van der Waals surface area (Å²) < 4.78 is 12.1. The van der Waals surface area contributed by atoms with Crippen LogP contribution < -0.4 is 5.32 Å². The zero-order chi connectivity index (χ0) is 14.7. The topological polar surface area (TPSA) is 30.5 Å². The summed E-state index contributed by atoms with van der Waals surface area (Å²) in [6, 6.07) is 0.522. The lowest BCUT2D eigenvalue weighted by molar-refractivity contribution is -0.0967. The first-order chi connectivity index (χ1) is 10.3. The molecule has 1 aliphatic carbocycles. The lowest BCUT2D eigenvalue weighted by Crippen LogP contribution is -2.53. The van der Waals surface area contributed by atoms with Crippen molar-refractivity contribution >= 4 is 11.8 Å². The Labute approximate surface area is 133 Å². The summed E-state index contributed by atoms with van der Waals surface area (Å²) in [4.78, 5) is 0. The summed E-state index contributed by atoms with van der Waals surface area (Å²) in [5, 5.41) is 3.83. The van der Waals surface area contributed by atoms with Gasteiger partial charge in [0.25, 0.3) is 0 Å². The molecule has 1 saturated carbocycles. The highest BCUT2D eigenvalue weighted by Crippen LogP contribution is 2.44. The van der Waals surface area contributed by atoms with Crippen LogP contribution in [0.1, 0.15) is 45.4 Å². The number of methoxy groups -OCH3 is 1. The standard InChI is InChI=1S/C17H31NO2S/c1-3-8-18-15(16(19-2)13-4-5-13)14-6-9-20-17(11-14)7-10-21-12-17/h13-16,18H,3-12H2,1-2H3. The molecule has 0 aromatic carbocycles. The van der Waals surface area contributed by atoms with Gasteiger partial charge >= 0.3 is 0 Å². The maximum atomic E-state index is 6.21. The van der Waals surface area contributed by atoms with Crippen molar-refractivity contribution in [2.45, 2.75) is 63.2 Å². The second-order valence-corrected chi connectivity index (χ2v) is 8.21. The molecule has 2 heterocycles. The van der Waals surface area contributed by atoms with E-state index in [9.17, 15) is 0 Å². The molecule has 4 atom stereocenters. The molecule has 0 amide bonds. The molecular formula is C17H31NO2S. The summed E-state index contributed by atoms with van der Waals surface area (Å²) in [7, 11) is 1.91. The van der Waals surface area contributed by atoms with Crippen molar-refractivity contribution in [2.24, 2.45) is 11.8 Å². The van der Waals surface area contributed by atoms with Gasteiger partial charge < -0.3 is 14.8 Å². The minimum Gasteiger partial charge on any atom is -0.380 e. The highest BCUT2D eigenvalue weighted by Gasteiger charge is 2.46. The number of ether oxygens (including phenoxy) is 2. The fourth-order valence-corrected chi connectivity index (χ4v) is 5.53. The van der Waals surface area contributed by atoms with Crippen molar-refractivity contribution in [3.63, 3.8) is 0 Å². The molecule has 3 rings (SSSR count). The van der Waals surface area contributed by atoms with E-state index in [4.69, 9.17) is 9.47 Å². The van der Waals surface area contributed by atoms with Crippen molar-refractivity contribution < 1.29 is 9.47 Å². The van der Waals surface area contributed by atoms with Crippen molar-refractivity contribution in [3.8, 4) is 0 Å². The molecule has 122 valence electrons. The Morgan fingerprint density at radius 3 is 2.81 bits per heavy atom. The van der Waals surface area contributed by atoms with Crippen LogP contribution in [0.3, 0.4) is 0 Å². The fraction of sp³-hybridized carbons (Fsp3) is 1.00. The Hall–Kier alpha value is 0.230. The van der Waals surface area contributed by atoms with Gasteiger partial charge in [-0.15, -0.1) is 0 Å². The second kappa shape index (κ2) is 7.20. The van der Waals surface area contributed by atoms with Crippen molar-refractivity contribution in [1.82, 2.24) is 5.32 Å². The predicted octanol–water partition coefficient (Wildman–Crippen LogP) is 3.08. The minimum atomic E-state index is 0.182. The number of nitrogens with one attached hydrogen (secondary N) is 1. The van der Waals surface area contributed by atoms with Gasteiger partial charge in [-0.3, -0.25) is 0 Å². The summed E-state index contributed by atoms with van der Waals surface area (Å²) in [6.45, 7) is 4.30. The molecule has 3 fully saturated rings. The monoisotopic (exact) mass is 313 g/mol. The van der Waals surface area contributed by atoms with E-state index in [1.165, 1.54) is 50.0 Å². The van der Waals surface area contributed by atoms with Gasteiger partial charge in [-0.25, -0.2) is 0 Å². The smallest absolute Gasteiger partial charge is 0.0783 e. The summed E-state index contributed by atoms with van der Waals surface area (Å²) in [5.41, 5.74) is 0.182. The van der Waals surface area contributed by atoms with Crippen LogP contribution in [0.5, 0.6) is 0 Å². The SMILES string of the molecule is CCCNC(C1CCOC2(CCSC2)C1)C(OC)C1CC1. The fourth-order valence-electron chi connectivity index (χ4n) is 4.15. The highest BCUT2D eigenvalue weighted by atomic mass is 32.2. The van der Waals surface area contributed by atoms with E-state index in [1.807, 2.05) is 7.11 Å². The minimum absolute atomic E-state index is 0.182. The average molecular weight is 314 g/mol. The van der Waals surface area contributed by atoms with Gasteiger partial charge in [0.2, 0.25) is 0 Å². The number of hydrogen-bond donors (Lipinski definition) is 1. The van der Waals surface area contributed by atoms with Crippen LogP contribution in [0.2, 0.25) is 0 Å². The van der Waals surface area contributed by atoms with Crippen LogP contribution in [-0.2, 0) is 9.47 Å². The third kappa shape index (κ3) is 3.77. The van der Waals surface area contributed by atoms with E-state index in [1.54, 1.807) is 0 Å². The molecule has 4 unspecified atom stereocenters. The summed E-state index contributed by atoms with van der Waals surface area (Å²) >= 11 is 2.07. The third-order valence-corrected chi connectivity index (χ3v) is 6.67. The first-order valence-corrected chi connectivity index (χ1v) is 9.91. The van der Waals surface area contributed by atoms with E-state index >= 15 is 0 Å². The number of thioether (sulfide) groups is 1. The zero-order valence-corrected chi connectivity index (χ0v) is 14.4. The first kappa shape index (κ1) is 16.1. The molecule has 0 radical (unpaired) electrons. The molecule has 4 heteroatoms. The third-order valence-electron chi connectivity index (χ3n) is 5.45. The largest absolute Gasteiger partial charge is 0.380 e. The summed E-state index contributed by atoms with van der Waals surface area (Å²) in [6.07, 6.45) is 7.98. The van der Waals surface area contributed by atoms with Gasteiger partial charge in [0.1, 0.15) is 0 Å². The zero-order valence-electron chi connectivity index (χ0n) is 13.6. The molecule has 2 saturated heterocycles. The Bertz CT molecular complexity index is 329. The molecule has 0 aromatic rings. The van der Waals surface area contributed by atoms with Crippen LogP contribution in [0.25, 0.3) is 0 Å². The van der Waals surface area contributed by atoms with Crippen molar-refractivity contribution in [3.05, 3.63) is 0 Å². The van der Waals surface area contributed by atoms with E-state index in [-0.39, 0.29) is 5.60 Å². The van der Waals surface area contributed by atoms with Crippen LogP contribution in [0.15, 0.2) is 0 Å². The van der Waals surface area contributed by atoms with E-state index in [0.717, 1.165) is 25.0 Å². The Kier molecular flexibility index (Phi) is 5.52. The van der Waals surface area contributed by atoms with Crippen LogP contribution in [-0.4, -0.2) is 49.5 Å². The predicted molar refractivity (Wildman–Crippen MR) is 89.0 cm³/mol. The lowest BCUT2D eigenvalue weighted by Gasteiger charge is -2.43. The number of rotatable bonds is 7. The summed E-state index contributed by atoms with van der Waals surface area (Å²) in [5.74, 6) is 3.98. The second-order valence-electron chi connectivity index (χ2n) is 7.10. The van der Waals surface area contributed by atoms with Crippen molar-refractivity contribution in [1.29, 1.82) is 0 Å². The van der Waals surface area contributed by atoms with E-state index in [0.29, 0.717) is 12.1 Å². The Morgan fingerprint density at radius 1 is 1.33 bits per heavy atom. The van der Waals surface area contributed by atoms with E-state index < -0.39 is 0 Å². The van der Waals surface area contributed by atoms with Crippen LogP contribution >= 0.6 is 11.8 Å². The molecule has 1 spiro atoms. The van der Waals surface area contributed by atoms with Crippen molar-refractivity contribution in [2.75, 3.05) is 31.8 Å². The van der Waals surface area contributed by atoms with Crippen LogP contribution in [0, 0.1) is 11.8 Å². The Balaban J connectivity index is 1.68. The molecule has 21 heavy (non-hydrogen) atoms. The maximum absolute atomic E-state index is 6.21. The lowest BCUT2D eigenvalue weighted by atomic mass is 9.78. The van der Waals surface area contributed by atoms with E-state index in [2.05, 4.69) is 24.0 Å². The Morgan fingerprint density at radius 2 is 2.19 bits per heavy atom. The quantitative estimate of drug-likeness (QED) is 0.782. The molecule has 3 aliphatic rings. The molecular weight excluding hydrogens is 282 g/mol. The average Bonchev–Trinajstić information content (AvgIpc) is 3.25. The van der Waals surface area contributed by atoms with Gasteiger partial charge in [-0.05, 0) is 62.7 Å². The molecule has 0 aromatic heterocycles. The molecule has 1 N–H and O–H groups in total. The molecule has 2 aliphatic heterocycles. The maximum Gasteiger partial charge on any atom is 0.0783 e. The molecule has 3 nitrogen and oxygen atoms in total. The molecule has 0 bridgehead atoms. The van der Waals surface area contributed by atoms with Gasteiger partial charge in [0, 0.05) is 25.5 Å². The highest BCUT2D eigenvalue weighted by molar-refractivity contribution is 7.99. The van der Waals surface area contributed by atoms with Gasteiger partial charge in [0.05, 0.1) is 11.7 Å². The number of hydrogen-bond acceptors (Lipinski definition) is 4. The van der Waals surface area contributed by atoms with Gasteiger partial charge in [0.15, 0.2) is 0 Å². The van der Waals surface area contributed by atoms with Gasteiger partial charge in [-0.1, -0.05) is 6.92 Å².